The first kappa shape index (κ1) is 17.5. The molecule has 2 aliphatic heterocycles. The molecule has 26 heavy (non-hydrogen) atoms. The lowest BCUT2D eigenvalue weighted by molar-refractivity contribution is -0.137. The molecule has 0 unspecified atom stereocenters. The number of fused-ring (bicyclic) bond motifs is 2. The van der Waals surface area contributed by atoms with Gasteiger partial charge in [-0.2, -0.15) is 0 Å². The number of aromatic nitrogens is 1. The Balaban J connectivity index is 1.35. The van der Waals surface area contributed by atoms with Gasteiger partial charge in [-0.25, -0.2) is 4.79 Å². The molecule has 2 fully saturated rings. The van der Waals surface area contributed by atoms with Crippen LogP contribution in [0.3, 0.4) is 0 Å². The number of ether oxygens (including phenoxy) is 1. The zero-order chi connectivity index (χ0) is 18.1. The summed E-state index contributed by atoms with van der Waals surface area (Å²) in [4.78, 5) is 33.3. The molecule has 1 aromatic rings. The van der Waals surface area contributed by atoms with E-state index >= 15 is 0 Å². The van der Waals surface area contributed by atoms with E-state index in [2.05, 4.69) is 9.88 Å². The van der Waals surface area contributed by atoms with Crippen molar-refractivity contribution >= 4 is 11.9 Å². The summed E-state index contributed by atoms with van der Waals surface area (Å²) in [6.45, 7) is 4.09. The van der Waals surface area contributed by atoms with Gasteiger partial charge in [-0.3, -0.25) is 9.78 Å². The van der Waals surface area contributed by atoms with E-state index in [1.807, 2.05) is 18.0 Å². The molecule has 6 nitrogen and oxygen atoms in total. The molecule has 1 aromatic heterocycles. The Morgan fingerprint density at radius 1 is 1.35 bits per heavy atom. The van der Waals surface area contributed by atoms with Crippen molar-refractivity contribution in [2.45, 2.75) is 44.1 Å². The lowest BCUT2D eigenvalue weighted by Crippen LogP contribution is -2.41. The normalized spacial score (nSPS) is 28.2. The third-order valence-corrected chi connectivity index (χ3v) is 6.29. The van der Waals surface area contributed by atoms with Gasteiger partial charge in [0, 0.05) is 44.0 Å². The highest BCUT2D eigenvalue weighted by Gasteiger charge is 2.48. The highest BCUT2D eigenvalue weighted by atomic mass is 16.6. The van der Waals surface area contributed by atoms with Crippen LogP contribution in [0.2, 0.25) is 0 Å². The van der Waals surface area contributed by atoms with Crippen molar-refractivity contribution in [1.82, 2.24) is 14.8 Å². The first-order chi connectivity index (χ1) is 12.6. The molecule has 0 N–H and O–H groups in total. The summed E-state index contributed by atoms with van der Waals surface area (Å²) in [5.74, 6) is -0.00674. The summed E-state index contributed by atoms with van der Waals surface area (Å²) in [6, 6.07) is 1.89. The number of amides is 1. The Labute approximate surface area is 154 Å². The SMILES string of the molecule is CN(CCN1CCCC1)C(=O)[C@H]1CC[C@@]2(CC1)OC(=O)c1cnccc12. The molecule has 0 aromatic carbocycles. The van der Waals surface area contributed by atoms with Crippen molar-refractivity contribution in [1.29, 1.82) is 0 Å². The summed E-state index contributed by atoms with van der Waals surface area (Å²) >= 11 is 0. The number of likely N-dealkylation sites (tertiary alicyclic amines) is 1. The minimum absolute atomic E-state index is 0.0359. The van der Waals surface area contributed by atoms with Gasteiger partial charge in [0.25, 0.3) is 0 Å². The van der Waals surface area contributed by atoms with Gasteiger partial charge in [-0.05, 0) is 57.7 Å². The molecule has 0 bridgehead atoms. The predicted molar refractivity (Wildman–Crippen MR) is 96.6 cm³/mol. The Morgan fingerprint density at radius 2 is 2.08 bits per heavy atom. The maximum Gasteiger partial charge on any atom is 0.341 e. The highest BCUT2D eigenvalue weighted by molar-refractivity contribution is 5.94. The van der Waals surface area contributed by atoms with E-state index in [0.29, 0.717) is 18.4 Å². The van der Waals surface area contributed by atoms with Crippen LogP contribution in [0.25, 0.3) is 0 Å². The Morgan fingerprint density at radius 3 is 2.81 bits per heavy atom. The number of carbonyl (C=O) groups is 2. The number of nitrogens with zero attached hydrogens (tertiary/aromatic N) is 3. The predicted octanol–water partition coefficient (Wildman–Crippen LogP) is 2.19. The standard InChI is InChI=1S/C20H27N3O3/c1-22(12-13-23-10-2-3-11-23)18(24)15-4-7-20(8-5-15)17-6-9-21-14-16(17)19(25)26-20/h6,9,14-15H,2-5,7-8,10-13H2,1H3/t15-,20-. The van der Waals surface area contributed by atoms with E-state index in [9.17, 15) is 9.59 Å². The van der Waals surface area contributed by atoms with Crippen LogP contribution in [0.5, 0.6) is 0 Å². The van der Waals surface area contributed by atoms with Crippen LogP contribution in [0.4, 0.5) is 0 Å². The summed E-state index contributed by atoms with van der Waals surface area (Å²) in [5.41, 5.74) is 0.992. The minimum Gasteiger partial charge on any atom is -0.451 e. The van der Waals surface area contributed by atoms with Gasteiger partial charge in [0.05, 0.1) is 5.56 Å². The van der Waals surface area contributed by atoms with Crippen molar-refractivity contribution in [3.8, 4) is 0 Å². The fourth-order valence-corrected chi connectivity index (χ4v) is 4.66. The lowest BCUT2D eigenvalue weighted by atomic mass is 9.75. The summed E-state index contributed by atoms with van der Waals surface area (Å²) in [5, 5.41) is 0. The lowest BCUT2D eigenvalue weighted by Gasteiger charge is -2.37. The minimum atomic E-state index is -0.541. The van der Waals surface area contributed by atoms with Gasteiger partial charge in [0.15, 0.2) is 0 Å². The molecule has 0 atom stereocenters. The monoisotopic (exact) mass is 357 g/mol. The maximum absolute atomic E-state index is 12.8. The maximum atomic E-state index is 12.8. The number of likely N-dealkylation sites (N-methyl/N-ethyl adjacent to an activating group) is 1. The third-order valence-electron chi connectivity index (χ3n) is 6.29. The van der Waals surface area contributed by atoms with Crippen molar-refractivity contribution in [2.24, 2.45) is 5.92 Å². The van der Waals surface area contributed by atoms with Crippen molar-refractivity contribution in [2.75, 3.05) is 33.2 Å². The quantitative estimate of drug-likeness (QED) is 0.773. The second-order valence-corrected chi connectivity index (χ2v) is 7.89. The fourth-order valence-electron chi connectivity index (χ4n) is 4.66. The molecule has 4 rings (SSSR count). The molecule has 0 radical (unpaired) electrons. The van der Waals surface area contributed by atoms with Crippen LogP contribution in [-0.2, 0) is 15.1 Å². The van der Waals surface area contributed by atoms with Crippen LogP contribution in [0, 0.1) is 5.92 Å². The number of pyridine rings is 1. The molecule has 1 amide bonds. The van der Waals surface area contributed by atoms with Gasteiger partial charge >= 0.3 is 5.97 Å². The number of rotatable bonds is 4. The van der Waals surface area contributed by atoms with E-state index in [1.165, 1.54) is 12.8 Å². The zero-order valence-electron chi connectivity index (χ0n) is 15.4. The zero-order valence-corrected chi connectivity index (χ0v) is 15.4. The largest absolute Gasteiger partial charge is 0.451 e. The Bertz CT molecular complexity index is 691. The topological polar surface area (TPSA) is 62.7 Å². The second-order valence-electron chi connectivity index (χ2n) is 7.89. The van der Waals surface area contributed by atoms with Gasteiger partial charge in [-0.15, -0.1) is 0 Å². The number of hydrogen-bond donors (Lipinski definition) is 0. The summed E-state index contributed by atoms with van der Waals surface area (Å²) in [7, 11) is 1.92. The molecule has 3 aliphatic rings. The second kappa shape index (κ2) is 6.99. The first-order valence-electron chi connectivity index (χ1n) is 9.74. The molecule has 1 saturated carbocycles. The average Bonchev–Trinajstić information content (AvgIpc) is 3.28. The van der Waals surface area contributed by atoms with Crippen molar-refractivity contribution < 1.29 is 14.3 Å². The van der Waals surface area contributed by atoms with Gasteiger partial charge in [0.2, 0.25) is 5.91 Å². The van der Waals surface area contributed by atoms with Crippen molar-refractivity contribution in [3.05, 3.63) is 29.6 Å². The Kier molecular flexibility index (Phi) is 4.69. The van der Waals surface area contributed by atoms with E-state index in [4.69, 9.17) is 4.74 Å². The van der Waals surface area contributed by atoms with E-state index in [-0.39, 0.29) is 17.8 Å². The molecular weight excluding hydrogens is 330 g/mol. The molecule has 3 heterocycles. The van der Waals surface area contributed by atoms with Gasteiger partial charge in [0.1, 0.15) is 5.60 Å². The number of esters is 1. The molecule has 1 spiro atoms. The van der Waals surface area contributed by atoms with Crippen LogP contribution in [0.15, 0.2) is 18.5 Å². The van der Waals surface area contributed by atoms with Gasteiger partial charge in [-0.1, -0.05) is 0 Å². The molecule has 1 saturated heterocycles. The fraction of sp³-hybridized carbons (Fsp3) is 0.650. The summed E-state index contributed by atoms with van der Waals surface area (Å²) in [6.07, 6.45) is 8.82. The van der Waals surface area contributed by atoms with Crippen LogP contribution in [-0.4, -0.2) is 59.9 Å². The first-order valence-corrected chi connectivity index (χ1v) is 9.74. The van der Waals surface area contributed by atoms with E-state index < -0.39 is 5.60 Å². The highest BCUT2D eigenvalue weighted by Crippen LogP contribution is 2.48. The number of carbonyl (C=O) groups excluding carboxylic acids is 2. The van der Waals surface area contributed by atoms with Crippen LogP contribution >= 0.6 is 0 Å². The number of hydrogen-bond acceptors (Lipinski definition) is 5. The summed E-state index contributed by atoms with van der Waals surface area (Å²) < 4.78 is 5.75. The van der Waals surface area contributed by atoms with Crippen LogP contribution in [0.1, 0.15) is 54.4 Å². The van der Waals surface area contributed by atoms with E-state index in [1.54, 1.807) is 12.4 Å². The molecular formula is C20H27N3O3. The molecule has 6 heteroatoms. The third kappa shape index (κ3) is 3.11. The van der Waals surface area contributed by atoms with Crippen molar-refractivity contribution in [3.63, 3.8) is 0 Å². The molecule has 140 valence electrons. The van der Waals surface area contributed by atoms with Crippen LogP contribution < -0.4 is 0 Å². The van der Waals surface area contributed by atoms with E-state index in [0.717, 1.165) is 44.6 Å². The smallest absolute Gasteiger partial charge is 0.341 e. The van der Waals surface area contributed by atoms with Gasteiger partial charge < -0.3 is 14.5 Å². The Hall–Kier alpha value is -1.95. The average molecular weight is 357 g/mol. The molecule has 1 aliphatic carbocycles.